The summed E-state index contributed by atoms with van der Waals surface area (Å²) in [7, 11) is 5.21. The smallest absolute Gasteiger partial charge is 0.253 e. The lowest BCUT2D eigenvalue weighted by Crippen LogP contribution is -2.36. The average molecular weight is 549 g/mol. The summed E-state index contributed by atoms with van der Waals surface area (Å²) in [4.78, 5) is 37.4. The zero-order chi connectivity index (χ0) is 28.7. The summed E-state index contributed by atoms with van der Waals surface area (Å²) in [6.45, 7) is 2.50. The Morgan fingerprint density at radius 3 is 2.65 bits per heavy atom. The van der Waals surface area contributed by atoms with Gasteiger partial charge in [-0.1, -0.05) is 6.07 Å². The number of rotatable bonds is 8. The summed E-state index contributed by atoms with van der Waals surface area (Å²) in [6, 6.07) is 9.38. The van der Waals surface area contributed by atoms with Crippen molar-refractivity contribution in [2.24, 2.45) is 5.73 Å². The summed E-state index contributed by atoms with van der Waals surface area (Å²) >= 11 is 0. The number of ether oxygens (including phenoxy) is 1. The second-order valence-electron chi connectivity index (χ2n) is 9.72. The molecule has 40 heavy (non-hydrogen) atoms. The normalized spacial score (nSPS) is 12.6. The van der Waals surface area contributed by atoms with E-state index in [0.717, 1.165) is 22.0 Å². The summed E-state index contributed by atoms with van der Waals surface area (Å²) in [6.07, 6.45) is 0.689. The number of hydrogen-bond donors (Lipinski definition) is 4. The van der Waals surface area contributed by atoms with Crippen molar-refractivity contribution in [1.29, 1.82) is 0 Å². The van der Waals surface area contributed by atoms with Crippen LogP contribution in [0.5, 0.6) is 5.75 Å². The van der Waals surface area contributed by atoms with E-state index in [1.54, 1.807) is 24.0 Å². The molecule has 3 heterocycles. The Labute approximate surface area is 229 Å². The van der Waals surface area contributed by atoms with E-state index >= 15 is 0 Å². The molecule has 1 aliphatic rings. The maximum Gasteiger partial charge on any atom is 0.253 e. The molecule has 0 saturated carbocycles. The summed E-state index contributed by atoms with van der Waals surface area (Å²) in [5.74, 6) is -0.986. The minimum Gasteiger partial charge on any atom is -0.495 e. The molecule has 0 bridgehead atoms. The lowest BCUT2D eigenvalue weighted by molar-refractivity contribution is -0.119. The van der Waals surface area contributed by atoms with Crippen molar-refractivity contribution in [3.63, 3.8) is 0 Å². The number of fused-ring (bicyclic) bond motifs is 2. The number of likely N-dealkylation sites (N-methyl/N-ethyl adjacent to an activating group) is 1. The van der Waals surface area contributed by atoms with Gasteiger partial charge in [-0.25, -0.2) is 4.39 Å². The van der Waals surface area contributed by atoms with Crippen LogP contribution in [0.3, 0.4) is 0 Å². The molecule has 0 aliphatic carbocycles. The van der Waals surface area contributed by atoms with E-state index in [2.05, 4.69) is 20.6 Å². The summed E-state index contributed by atoms with van der Waals surface area (Å²) in [5, 5.41) is 17.1. The third-order valence-electron chi connectivity index (χ3n) is 6.62. The Kier molecular flexibility index (Phi) is 6.90. The lowest BCUT2D eigenvalue weighted by atomic mass is 10.1. The van der Waals surface area contributed by atoms with Crippen molar-refractivity contribution in [3.05, 3.63) is 59.0 Å². The van der Waals surface area contributed by atoms with E-state index in [-0.39, 0.29) is 41.1 Å². The predicted octanol–water partition coefficient (Wildman–Crippen LogP) is 3.16. The molecule has 5 N–H and O–H groups in total. The number of carbonyl (C=O) groups is 2. The molecule has 5 rings (SSSR count). The molecule has 13 heteroatoms. The van der Waals surface area contributed by atoms with E-state index in [1.165, 1.54) is 19.2 Å². The lowest BCUT2D eigenvalue weighted by Gasteiger charge is -2.21. The first-order valence-electron chi connectivity index (χ1n) is 12.4. The molecule has 208 valence electrons. The van der Waals surface area contributed by atoms with Crippen LogP contribution < -0.4 is 26.0 Å². The number of primary amides is 1. The van der Waals surface area contributed by atoms with Gasteiger partial charge < -0.3 is 36.1 Å². The Bertz CT molecular complexity index is 1650. The van der Waals surface area contributed by atoms with Gasteiger partial charge in [0.05, 0.1) is 41.7 Å². The fourth-order valence-electron chi connectivity index (χ4n) is 4.76. The van der Waals surface area contributed by atoms with Crippen LogP contribution in [0, 0.1) is 12.7 Å². The SMILES string of the molecule is COc1cc2c(cc1Nc1nc(Nc3cccc(F)c3C(N)=O)c3cc(C)n(O)c3n1)N(C(=O)CN(C)C)CC2. The Hall–Kier alpha value is -4.91. The van der Waals surface area contributed by atoms with Crippen molar-refractivity contribution in [3.8, 4) is 5.75 Å². The molecule has 1 aliphatic heterocycles. The maximum absolute atomic E-state index is 14.4. The third-order valence-corrected chi connectivity index (χ3v) is 6.62. The number of amides is 2. The molecule has 0 radical (unpaired) electrons. The van der Waals surface area contributed by atoms with Crippen LogP contribution >= 0.6 is 0 Å². The maximum atomic E-state index is 14.4. The minimum absolute atomic E-state index is 0.0297. The molecular formula is C27H29FN8O4. The number of aryl methyl sites for hydroxylation is 1. The Morgan fingerprint density at radius 1 is 1.18 bits per heavy atom. The molecule has 4 aromatic rings. The molecule has 0 fully saturated rings. The number of nitrogens with zero attached hydrogens (tertiary/aromatic N) is 5. The first kappa shape index (κ1) is 26.7. The molecular weight excluding hydrogens is 519 g/mol. The first-order chi connectivity index (χ1) is 19.1. The van der Waals surface area contributed by atoms with Crippen LogP contribution in [-0.2, 0) is 11.2 Å². The Morgan fingerprint density at radius 2 is 1.95 bits per heavy atom. The van der Waals surface area contributed by atoms with Gasteiger partial charge in [0.1, 0.15) is 17.4 Å². The van der Waals surface area contributed by atoms with Crippen LogP contribution in [0.15, 0.2) is 36.4 Å². The molecule has 2 amide bonds. The number of halogens is 1. The number of benzene rings is 2. The molecule has 0 spiro atoms. The highest BCUT2D eigenvalue weighted by atomic mass is 19.1. The number of carbonyl (C=O) groups excluding carboxylic acids is 2. The number of anilines is 5. The number of aromatic nitrogens is 3. The zero-order valence-electron chi connectivity index (χ0n) is 22.4. The monoisotopic (exact) mass is 548 g/mol. The van der Waals surface area contributed by atoms with Gasteiger partial charge in [0.2, 0.25) is 11.9 Å². The van der Waals surface area contributed by atoms with Crippen molar-refractivity contribution in [2.45, 2.75) is 13.3 Å². The molecule has 2 aromatic heterocycles. The average Bonchev–Trinajstić information content (AvgIpc) is 3.43. The van der Waals surface area contributed by atoms with E-state index < -0.39 is 11.7 Å². The van der Waals surface area contributed by atoms with Gasteiger partial charge in [0, 0.05) is 12.2 Å². The van der Waals surface area contributed by atoms with Crippen molar-refractivity contribution in [2.75, 3.05) is 49.8 Å². The number of nitrogens with one attached hydrogen (secondary N) is 2. The Balaban J connectivity index is 1.58. The quantitative estimate of drug-likeness (QED) is 0.243. The van der Waals surface area contributed by atoms with E-state index in [1.807, 2.05) is 25.1 Å². The highest BCUT2D eigenvalue weighted by Crippen LogP contribution is 2.39. The molecule has 0 saturated heterocycles. The van der Waals surface area contributed by atoms with Crippen LogP contribution in [0.25, 0.3) is 11.0 Å². The van der Waals surface area contributed by atoms with Gasteiger partial charge in [-0.2, -0.15) is 14.7 Å². The zero-order valence-corrected chi connectivity index (χ0v) is 22.4. The fourth-order valence-corrected chi connectivity index (χ4v) is 4.76. The molecule has 12 nitrogen and oxygen atoms in total. The molecule has 0 atom stereocenters. The number of hydrogen-bond acceptors (Lipinski definition) is 9. The van der Waals surface area contributed by atoms with Crippen LogP contribution in [0.4, 0.5) is 33.2 Å². The minimum atomic E-state index is -0.948. The third kappa shape index (κ3) is 4.82. The molecule has 0 unspecified atom stereocenters. The topological polar surface area (TPSA) is 151 Å². The van der Waals surface area contributed by atoms with Gasteiger partial charge >= 0.3 is 0 Å². The van der Waals surface area contributed by atoms with Gasteiger partial charge in [0.25, 0.3) is 5.91 Å². The second kappa shape index (κ2) is 10.3. The van der Waals surface area contributed by atoms with E-state index in [9.17, 15) is 19.2 Å². The summed E-state index contributed by atoms with van der Waals surface area (Å²) < 4.78 is 20.9. The van der Waals surface area contributed by atoms with Crippen LogP contribution in [0.2, 0.25) is 0 Å². The highest BCUT2D eigenvalue weighted by molar-refractivity contribution is 6.01. The first-order valence-corrected chi connectivity index (χ1v) is 12.4. The standard InChI is InChI=1S/C27H29FN8O4/c1-14-10-16-25(30-18-7-5-6-17(28)23(18)24(29)38)32-27(33-26(16)36(14)39)31-19-12-20-15(11-21(19)40-4)8-9-35(20)22(37)13-34(2)3/h5-7,10-12,39H,8-9,13H2,1-4H3,(H2,29,38)(H2,30,31,32,33). The van der Waals surface area contributed by atoms with Crippen molar-refractivity contribution in [1.82, 2.24) is 19.6 Å². The number of nitrogens with two attached hydrogens (primary N) is 1. The van der Waals surface area contributed by atoms with Gasteiger partial charge in [-0.15, -0.1) is 0 Å². The van der Waals surface area contributed by atoms with E-state index in [0.29, 0.717) is 35.5 Å². The van der Waals surface area contributed by atoms with Crippen LogP contribution in [0.1, 0.15) is 21.6 Å². The number of methoxy groups -OCH3 is 1. The largest absolute Gasteiger partial charge is 0.495 e. The summed E-state index contributed by atoms with van der Waals surface area (Å²) in [5.41, 5.74) is 8.06. The predicted molar refractivity (Wildman–Crippen MR) is 149 cm³/mol. The van der Waals surface area contributed by atoms with Crippen molar-refractivity contribution >= 4 is 51.7 Å². The van der Waals surface area contributed by atoms with E-state index in [4.69, 9.17) is 10.5 Å². The second-order valence-corrected chi connectivity index (χ2v) is 9.72. The van der Waals surface area contributed by atoms with Gasteiger partial charge in [-0.3, -0.25) is 9.59 Å². The van der Waals surface area contributed by atoms with Gasteiger partial charge in [0.15, 0.2) is 5.65 Å². The van der Waals surface area contributed by atoms with Gasteiger partial charge in [-0.05, 0) is 63.3 Å². The fraction of sp³-hybridized carbons (Fsp3) is 0.259. The highest BCUT2D eigenvalue weighted by Gasteiger charge is 2.27. The molecule has 2 aromatic carbocycles. The van der Waals surface area contributed by atoms with Crippen LogP contribution in [-0.4, -0.2) is 70.9 Å². The van der Waals surface area contributed by atoms with Crippen molar-refractivity contribution < 1.29 is 23.9 Å².